The number of aliphatic hydroxyl groups is 2. The number of thiophene rings is 1. The Hall–Kier alpha value is -1.88. The molecule has 2 heterocycles. The van der Waals surface area contributed by atoms with Crippen LogP contribution in [0, 0.1) is 33.5 Å². The average Bonchev–Trinajstić information content (AvgIpc) is 3.74. The van der Waals surface area contributed by atoms with E-state index in [1.807, 2.05) is 18.2 Å². The maximum atomic E-state index is 14.9. The van der Waals surface area contributed by atoms with Crippen LogP contribution >= 0.6 is 11.3 Å². The number of aliphatic hydroxyl groups excluding tert-OH is 1. The first kappa shape index (κ1) is 31.4. The molecule has 2 bridgehead atoms. The van der Waals surface area contributed by atoms with Gasteiger partial charge in [0.1, 0.15) is 0 Å². The van der Waals surface area contributed by atoms with Crippen LogP contribution in [-0.4, -0.2) is 72.5 Å². The first-order valence-corrected chi connectivity index (χ1v) is 19.9. The fourth-order valence-electron chi connectivity index (χ4n) is 11.4. The molecule has 9 rings (SSSR count). The van der Waals surface area contributed by atoms with Gasteiger partial charge in [-0.2, -0.15) is 4.31 Å². The molecule has 2 aromatic rings. The zero-order valence-electron chi connectivity index (χ0n) is 27.2. The number of sulfonamides is 1. The number of carbonyl (C=O) groups excluding carboxylic acids is 1. The lowest BCUT2D eigenvalue weighted by atomic mass is 9.32. The molecule has 2 spiro atoms. The van der Waals surface area contributed by atoms with Crippen LogP contribution in [-0.2, 0) is 14.8 Å². The van der Waals surface area contributed by atoms with Crippen LogP contribution in [0.4, 0.5) is 0 Å². The molecular formula is C37H47NO6S2. The summed E-state index contributed by atoms with van der Waals surface area (Å²) in [5, 5.41) is 24.8. The largest absolute Gasteiger partial charge is 0.393 e. The van der Waals surface area contributed by atoms with Crippen LogP contribution in [0.5, 0.6) is 0 Å². The third kappa shape index (κ3) is 4.21. The molecule has 7 aliphatic rings. The third-order valence-electron chi connectivity index (χ3n) is 13.9. The smallest absolute Gasteiger partial charge is 0.211 e. The van der Waals surface area contributed by atoms with Crippen molar-refractivity contribution in [2.24, 2.45) is 33.5 Å². The minimum atomic E-state index is -3.59. The predicted octanol–water partition coefficient (Wildman–Crippen LogP) is 6.12. The Balaban J connectivity index is 1.23. The van der Waals surface area contributed by atoms with Gasteiger partial charge in [0.05, 0.1) is 28.9 Å². The van der Waals surface area contributed by atoms with Gasteiger partial charge in [-0.1, -0.05) is 50.3 Å². The Morgan fingerprint density at radius 1 is 1.04 bits per heavy atom. The number of Topliss-reactive ketones (excluding diaryl/α,β-unsaturated/α-hetero) is 1. The topological polar surface area (TPSA) is 104 Å². The normalized spacial score (nSPS) is 43.0. The third-order valence-corrected chi connectivity index (χ3v) is 16.3. The van der Waals surface area contributed by atoms with E-state index >= 15 is 0 Å². The van der Waals surface area contributed by atoms with Crippen LogP contribution in [0.1, 0.15) is 81.3 Å². The highest BCUT2D eigenvalue weighted by Crippen LogP contribution is 2.78. The molecule has 1 aromatic heterocycles. The summed E-state index contributed by atoms with van der Waals surface area (Å²) in [7, 11) is -3.59. The molecule has 1 aromatic carbocycles. The summed E-state index contributed by atoms with van der Waals surface area (Å²) in [5.41, 5.74) is -2.10. The van der Waals surface area contributed by atoms with Crippen LogP contribution in [0.3, 0.4) is 0 Å². The van der Waals surface area contributed by atoms with Crippen LogP contribution in [0.15, 0.2) is 54.1 Å². The first-order valence-electron chi connectivity index (χ1n) is 17.2. The van der Waals surface area contributed by atoms with Gasteiger partial charge in [0, 0.05) is 46.2 Å². The molecule has 3 saturated carbocycles. The van der Waals surface area contributed by atoms with E-state index in [1.54, 1.807) is 11.3 Å². The summed E-state index contributed by atoms with van der Waals surface area (Å²) < 4.78 is 34.7. The highest BCUT2D eigenvalue weighted by Gasteiger charge is 2.74. The number of carbonyl (C=O) groups is 1. The Kier molecular flexibility index (Phi) is 7.04. The summed E-state index contributed by atoms with van der Waals surface area (Å²) in [6.07, 6.45) is 14.4. The minimum absolute atomic E-state index is 0.0318. The number of hydrogen-bond acceptors (Lipinski definition) is 7. The summed E-state index contributed by atoms with van der Waals surface area (Å²) in [6.45, 7) is 5.49. The molecule has 9 unspecified atom stereocenters. The van der Waals surface area contributed by atoms with E-state index < -0.39 is 38.0 Å². The van der Waals surface area contributed by atoms with Gasteiger partial charge in [-0.25, -0.2) is 8.42 Å². The molecule has 9 atom stereocenters. The molecule has 7 nitrogen and oxygen atoms in total. The number of nitrogens with zero attached hydrogens (tertiary/aromatic N) is 1. The molecule has 2 N–H and O–H groups in total. The number of benzene rings is 1. The van der Waals surface area contributed by atoms with Gasteiger partial charge in [0.25, 0.3) is 0 Å². The zero-order valence-corrected chi connectivity index (χ0v) is 28.8. The number of rotatable bonds is 7. The lowest BCUT2D eigenvalue weighted by Crippen LogP contribution is -2.67. The van der Waals surface area contributed by atoms with Crippen molar-refractivity contribution in [1.82, 2.24) is 4.31 Å². The number of hydrogen-bond donors (Lipinski definition) is 2. The van der Waals surface area contributed by atoms with E-state index in [1.165, 1.54) is 10.6 Å². The van der Waals surface area contributed by atoms with Gasteiger partial charge in [-0.3, -0.25) is 4.79 Å². The SMILES string of the molecule is CC12CCC(O)CC13C=CC1(C(C(=O)c4cc5ccccc5s4)=C3)C2CCC2(C)C1CCC2(O)CN(CC1CCCO1)S(C)(=O)=O. The molecule has 0 amide bonds. The summed E-state index contributed by atoms with van der Waals surface area (Å²) in [6, 6.07) is 10.1. The van der Waals surface area contributed by atoms with Gasteiger partial charge in [-0.15, -0.1) is 11.3 Å². The highest BCUT2D eigenvalue weighted by molar-refractivity contribution is 7.88. The highest BCUT2D eigenvalue weighted by atomic mass is 32.2. The monoisotopic (exact) mass is 665 g/mol. The summed E-state index contributed by atoms with van der Waals surface area (Å²) >= 11 is 1.54. The van der Waals surface area contributed by atoms with Gasteiger partial charge < -0.3 is 14.9 Å². The predicted molar refractivity (Wildman–Crippen MR) is 180 cm³/mol. The Morgan fingerprint density at radius 2 is 1.78 bits per heavy atom. The van der Waals surface area contributed by atoms with Crippen LogP contribution in [0.25, 0.3) is 10.1 Å². The second-order valence-corrected chi connectivity index (χ2v) is 19.0. The quantitative estimate of drug-likeness (QED) is 0.273. The molecule has 6 aliphatic carbocycles. The zero-order chi connectivity index (χ0) is 32.3. The molecule has 4 fully saturated rings. The van der Waals surface area contributed by atoms with Crippen molar-refractivity contribution in [2.75, 3.05) is 26.0 Å². The van der Waals surface area contributed by atoms with Gasteiger partial charge in [-0.05, 0) is 92.6 Å². The molecule has 0 radical (unpaired) electrons. The van der Waals surface area contributed by atoms with Crippen molar-refractivity contribution in [3.8, 4) is 0 Å². The average molecular weight is 666 g/mol. The van der Waals surface area contributed by atoms with Crippen molar-refractivity contribution in [3.05, 3.63) is 59.0 Å². The fourth-order valence-corrected chi connectivity index (χ4v) is 13.4. The second-order valence-electron chi connectivity index (χ2n) is 16.0. The molecule has 248 valence electrons. The van der Waals surface area contributed by atoms with Gasteiger partial charge in [0.15, 0.2) is 5.78 Å². The molecular weight excluding hydrogens is 619 g/mol. The number of ketones is 1. The molecule has 46 heavy (non-hydrogen) atoms. The molecule has 1 saturated heterocycles. The van der Waals surface area contributed by atoms with E-state index in [0.717, 1.165) is 59.1 Å². The standard InChI is InChI=1S/C37H47NO6S2/c1-33-13-10-25(39)20-35(33)16-17-37(27(21-35)32(40)29-19-24-7-4-5-9-28(24)45-29)30(33)11-14-34(2)31(37)12-15-36(34,41)23-38(46(3,42)43)22-26-8-6-18-44-26/h4-5,7,9,16-17,19,21,25-26,30-31,39,41H,6,8,10-15,18,20,22-23H2,1-3H3. The summed E-state index contributed by atoms with van der Waals surface area (Å²) in [5.74, 6) is 0.220. The summed E-state index contributed by atoms with van der Waals surface area (Å²) in [4.78, 5) is 15.6. The maximum absolute atomic E-state index is 14.9. The fraction of sp³-hybridized carbons (Fsp3) is 0.649. The second kappa shape index (κ2) is 10.3. The number of ether oxygens (including phenoxy) is 1. The van der Waals surface area contributed by atoms with E-state index in [9.17, 15) is 23.4 Å². The van der Waals surface area contributed by atoms with Crippen molar-refractivity contribution in [3.63, 3.8) is 0 Å². The Labute approximate surface area is 276 Å². The van der Waals surface area contributed by atoms with E-state index in [0.29, 0.717) is 25.9 Å². The minimum Gasteiger partial charge on any atom is -0.393 e. The number of fused-ring (bicyclic) bond motifs is 2. The van der Waals surface area contributed by atoms with Gasteiger partial charge in [0.2, 0.25) is 10.0 Å². The molecule has 9 heteroatoms. The van der Waals surface area contributed by atoms with E-state index in [2.05, 4.69) is 44.2 Å². The van der Waals surface area contributed by atoms with Crippen molar-refractivity contribution < 1.29 is 28.2 Å². The van der Waals surface area contributed by atoms with Crippen LogP contribution in [0.2, 0.25) is 0 Å². The first-order chi connectivity index (χ1) is 21.7. The van der Waals surface area contributed by atoms with Crippen molar-refractivity contribution >= 4 is 37.2 Å². The lowest BCUT2D eigenvalue weighted by molar-refractivity contribution is -0.174. The van der Waals surface area contributed by atoms with E-state index in [-0.39, 0.29) is 42.2 Å². The van der Waals surface area contributed by atoms with E-state index in [4.69, 9.17) is 4.74 Å². The Bertz CT molecular complexity index is 1730. The maximum Gasteiger partial charge on any atom is 0.211 e. The van der Waals surface area contributed by atoms with Crippen molar-refractivity contribution in [1.29, 1.82) is 0 Å². The lowest BCUT2D eigenvalue weighted by Gasteiger charge is -2.71. The number of allylic oxidation sites excluding steroid dienone is 4. The van der Waals surface area contributed by atoms with Gasteiger partial charge >= 0.3 is 0 Å². The molecule has 1 aliphatic heterocycles. The van der Waals surface area contributed by atoms with Crippen LogP contribution < -0.4 is 0 Å². The van der Waals surface area contributed by atoms with Crippen molar-refractivity contribution in [2.45, 2.75) is 89.4 Å². The Morgan fingerprint density at radius 3 is 2.52 bits per heavy atom.